The molecule has 1 fully saturated rings. The molecule has 7 nitrogen and oxygen atoms in total. The Kier molecular flexibility index (Phi) is 7.50. The summed E-state index contributed by atoms with van der Waals surface area (Å²) >= 11 is 0. The third-order valence-corrected chi connectivity index (χ3v) is 6.26. The first-order chi connectivity index (χ1) is 16.8. The normalized spacial score (nSPS) is 18.9. The van der Waals surface area contributed by atoms with Crippen LogP contribution in [0.3, 0.4) is 0 Å². The van der Waals surface area contributed by atoms with Crippen molar-refractivity contribution >= 4 is 22.5 Å². The molecule has 4 rings (SSSR count). The lowest BCUT2D eigenvalue weighted by molar-refractivity contribution is -0.435. The van der Waals surface area contributed by atoms with E-state index in [4.69, 9.17) is 23.7 Å². The molecule has 1 aliphatic heterocycles. The van der Waals surface area contributed by atoms with Crippen molar-refractivity contribution in [2.45, 2.75) is 52.4 Å². The van der Waals surface area contributed by atoms with Crippen molar-refractivity contribution in [2.24, 2.45) is 0 Å². The van der Waals surface area contributed by atoms with E-state index >= 15 is 0 Å². The average Bonchev–Trinajstić information content (AvgIpc) is 2.87. The van der Waals surface area contributed by atoms with Gasteiger partial charge >= 0.3 is 11.6 Å². The molecule has 1 aliphatic rings. The largest absolute Gasteiger partial charge is 0.462 e. The van der Waals surface area contributed by atoms with Crippen molar-refractivity contribution in [3.63, 3.8) is 0 Å². The van der Waals surface area contributed by atoms with Crippen LogP contribution >= 0.6 is 0 Å². The molecule has 7 heteroatoms. The van der Waals surface area contributed by atoms with Crippen LogP contribution in [-0.4, -0.2) is 25.3 Å². The molecule has 0 N–H and O–H groups in total. The Hall–Kier alpha value is -3.26. The fraction of sp³-hybridized carbons (Fsp3) is 0.357. The smallest absolute Gasteiger partial charge is 0.351 e. The van der Waals surface area contributed by atoms with Crippen LogP contribution < -0.4 is 5.63 Å². The highest BCUT2D eigenvalue weighted by Crippen LogP contribution is 2.35. The Balaban J connectivity index is 1.63. The van der Waals surface area contributed by atoms with Crippen LogP contribution in [0.15, 0.2) is 58.3 Å². The number of hydrogen-bond donors (Lipinski definition) is 0. The minimum absolute atomic E-state index is 0.0904. The van der Waals surface area contributed by atoms with Crippen LogP contribution in [0.25, 0.3) is 16.5 Å². The third kappa shape index (κ3) is 5.22. The lowest BCUT2D eigenvalue weighted by Gasteiger charge is -2.30. The number of rotatable bonds is 7. The van der Waals surface area contributed by atoms with E-state index in [9.17, 15) is 9.59 Å². The maximum atomic E-state index is 12.5. The highest BCUT2D eigenvalue weighted by atomic mass is 17.2. The van der Waals surface area contributed by atoms with Gasteiger partial charge < -0.3 is 13.9 Å². The van der Waals surface area contributed by atoms with Crippen molar-refractivity contribution in [3.05, 3.63) is 87.3 Å². The summed E-state index contributed by atoms with van der Waals surface area (Å²) in [7, 11) is 0. The molecule has 0 spiro atoms. The Morgan fingerprint density at radius 1 is 1.14 bits per heavy atom. The molecule has 2 aromatic carbocycles. The number of ether oxygens (including phenoxy) is 2. The lowest BCUT2D eigenvalue weighted by Crippen LogP contribution is -2.30. The van der Waals surface area contributed by atoms with Crippen molar-refractivity contribution in [2.75, 3.05) is 13.2 Å². The molecule has 0 saturated carbocycles. The van der Waals surface area contributed by atoms with E-state index in [1.54, 1.807) is 13.0 Å². The number of esters is 1. The molecule has 1 saturated heterocycles. The fourth-order valence-corrected chi connectivity index (χ4v) is 3.97. The number of carbonyl (C=O) groups excluding carboxylic acids is 1. The molecule has 0 amide bonds. The second-order valence-electron chi connectivity index (χ2n) is 8.74. The molecule has 3 unspecified atom stereocenters. The average molecular weight is 479 g/mol. The summed E-state index contributed by atoms with van der Waals surface area (Å²) in [5.74, 6) is -0.628. The van der Waals surface area contributed by atoms with Gasteiger partial charge in [0.2, 0.25) is 6.29 Å². The maximum Gasteiger partial charge on any atom is 0.351 e. The van der Waals surface area contributed by atoms with E-state index in [1.165, 1.54) is 6.07 Å². The van der Waals surface area contributed by atoms with Gasteiger partial charge in [0.25, 0.3) is 0 Å². The predicted octanol–water partition coefficient (Wildman–Crippen LogP) is 5.85. The Bertz CT molecular complexity index is 1280. The van der Waals surface area contributed by atoms with Crippen LogP contribution in [0.1, 0.15) is 72.0 Å². The van der Waals surface area contributed by atoms with Crippen LogP contribution in [0.4, 0.5) is 0 Å². The van der Waals surface area contributed by atoms with E-state index in [1.807, 2.05) is 51.1 Å². The van der Waals surface area contributed by atoms with Gasteiger partial charge in [-0.25, -0.2) is 14.5 Å². The van der Waals surface area contributed by atoms with Gasteiger partial charge in [-0.05, 0) is 61.1 Å². The molecule has 0 bridgehead atoms. The van der Waals surface area contributed by atoms with Crippen LogP contribution in [0, 0.1) is 6.92 Å². The van der Waals surface area contributed by atoms with E-state index in [0.29, 0.717) is 16.5 Å². The zero-order valence-corrected chi connectivity index (χ0v) is 20.5. The van der Waals surface area contributed by atoms with Crippen LogP contribution in [0.2, 0.25) is 0 Å². The van der Waals surface area contributed by atoms with Crippen molar-refractivity contribution < 1.29 is 28.5 Å². The van der Waals surface area contributed by atoms with Gasteiger partial charge in [0.1, 0.15) is 17.3 Å². The summed E-state index contributed by atoms with van der Waals surface area (Å²) in [5.41, 5.74) is 3.96. The van der Waals surface area contributed by atoms with Crippen molar-refractivity contribution in [1.29, 1.82) is 0 Å². The summed E-state index contributed by atoms with van der Waals surface area (Å²) in [6.07, 6.45) is -0.414. The molecule has 1 aromatic heterocycles. The van der Waals surface area contributed by atoms with E-state index in [0.717, 1.165) is 28.7 Å². The van der Waals surface area contributed by atoms with E-state index < -0.39 is 24.0 Å². The number of carbonyl (C=O) groups is 1. The van der Waals surface area contributed by atoms with Crippen molar-refractivity contribution in [1.82, 2.24) is 0 Å². The Labute approximate surface area is 204 Å². The van der Waals surface area contributed by atoms with Crippen LogP contribution in [0.5, 0.6) is 0 Å². The fourth-order valence-electron chi connectivity index (χ4n) is 3.97. The zero-order valence-electron chi connectivity index (χ0n) is 20.5. The Morgan fingerprint density at radius 3 is 2.51 bits per heavy atom. The number of aryl methyl sites for hydroxylation is 1. The van der Waals surface area contributed by atoms with E-state index in [-0.39, 0.29) is 24.7 Å². The van der Waals surface area contributed by atoms with Gasteiger partial charge in [0.15, 0.2) is 0 Å². The molecule has 0 radical (unpaired) electrons. The molecule has 184 valence electrons. The van der Waals surface area contributed by atoms with Crippen molar-refractivity contribution in [3.8, 4) is 0 Å². The lowest BCUT2D eigenvalue weighted by atomic mass is 9.93. The number of benzene rings is 2. The number of hydrogen-bond acceptors (Lipinski definition) is 7. The molecule has 35 heavy (non-hydrogen) atoms. The third-order valence-electron chi connectivity index (χ3n) is 6.26. The SMILES string of the molecule is C=C(c1ccc(C)cc1)C1COC(c2cc(C(C)CC)c3oc(=O)c(C(=O)OCC)cc3c2)OO1. The molecule has 2 heterocycles. The molecular weight excluding hydrogens is 448 g/mol. The highest BCUT2D eigenvalue weighted by Gasteiger charge is 2.29. The molecule has 3 aromatic rings. The van der Waals surface area contributed by atoms with Gasteiger partial charge in [-0.3, -0.25) is 0 Å². The second-order valence-corrected chi connectivity index (χ2v) is 8.74. The predicted molar refractivity (Wildman–Crippen MR) is 132 cm³/mol. The highest BCUT2D eigenvalue weighted by molar-refractivity contribution is 5.93. The first-order valence-corrected chi connectivity index (χ1v) is 11.8. The summed E-state index contributed by atoms with van der Waals surface area (Å²) in [4.78, 5) is 36.0. The minimum Gasteiger partial charge on any atom is -0.462 e. The molecule has 3 atom stereocenters. The standard InChI is InChI=1S/C28H30O7/c1-6-17(4)22-14-21(12-20-13-23(26(29)31-7-2)27(30)33-25(20)22)28-32-15-24(34-35-28)18(5)19-10-8-16(3)9-11-19/h8-14,17,24,28H,5-7,15H2,1-4H3. The quantitative estimate of drug-likeness (QED) is 0.239. The van der Waals surface area contributed by atoms with E-state index in [2.05, 4.69) is 6.58 Å². The minimum atomic E-state index is -0.790. The second kappa shape index (κ2) is 10.6. The van der Waals surface area contributed by atoms with Crippen LogP contribution in [-0.2, 0) is 19.2 Å². The molecular formula is C28H30O7. The van der Waals surface area contributed by atoms with Gasteiger partial charge in [0.05, 0.1) is 13.2 Å². The monoisotopic (exact) mass is 478 g/mol. The molecule has 0 aliphatic carbocycles. The summed E-state index contributed by atoms with van der Waals surface area (Å²) in [5, 5.41) is 0.582. The summed E-state index contributed by atoms with van der Waals surface area (Å²) < 4.78 is 16.6. The van der Waals surface area contributed by atoms with Gasteiger partial charge in [-0.1, -0.05) is 50.3 Å². The zero-order chi connectivity index (χ0) is 25.1. The van der Waals surface area contributed by atoms with Gasteiger partial charge in [-0.2, -0.15) is 4.89 Å². The summed E-state index contributed by atoms with van der Waals surface area (Å²) in [6.45, 7) is 12.4. The topological polar surface area (TPSA) is 84.2 Å². The Morgan fingerprint density at radius 2 is 1.89 bits per heavy atom. The first-order valence-electron chi connectivity index (χ1n) is 11.8. The summed E-state index contributed by atoms with van der Waals surface area (Å²) in [6, 6.07) is 13.2. The van der Waals surface area contributed by atoms with Gasteiger partial charge in [-0.15, -0.1) is 0 Å². The number of fused-ring (bicyclic) bond motifs is 1. The van der Waals surface area contributed by atoms with Gasteiger partial charge in [0, 0.05) is 10.9 Å². The first kappa shape index (κ1) is 24.9. The maximum absolute atomic E-state index is 12.5.